The highest BCUT2D eigenvalue weighted by Gasteiger charge is 2.19. The van der Waals surface area contributed by atoms with Crippen LogP contribution >= 0.6 is 0 Å². The van der Waals surface area contributed by atoms with E-state index in [1.165, 1.54) is 16.8 Å². The van der Waals surface area contributed by atoms with Gasteiger partial charge in [0.2, 0.25) is 0 Å². The van der Waals surface area contributed by atoms with Crippen LogP contribution < -0.4 is 0 Å². The first-order valence-corrected chi connectivity index (χ1v) is 9.06. The molecule has 0 unspecified atom stereocenters. The first-order chi connectivity index (χ1) is 12.8. The van der Waals surface area contributed by atoms with Crippen molar-refractivity contribution in [2.45, 2.75) is 20.4 Å². The van der Waals surface area contributed by atoms with Gasteiger partial charge in [-0.25, -0.2) is 4.98 Å². The molecule has 1 heterocycles. The second-order valence-corrected chi connectivity index (χ2v) is 6.47. The van der Waals surface area contributed by atoms with Crippen molar-refractivity contribution >= 4 is 0 Å². The van der Waals surface area contributed by atoms with Crippen molar-refractivity contribution in [3.05, 3.63) is 90.5 Å². The van der Waals surface area contributed by atoms with Gasteiger partial charge in [-0.1, -0.05) is 90.5 Å². The van der Waals surface area contributed by atoms with E-state index in [0.717, 1.165) is 29.2 Å². The Labute approximate surface area is 154 Å². The zero-order chi connectivity index (χ0) is 17.9. The molecular weight excluding hydrogens is 316 g/mol. The molecule has 0 saturated carbocycles. The summed E-state index contributed by atoms with van der Waals surface area (Å²) in [4.78, 5) is 5.08. The Morgan fingerprint density at radius 1 is 0.692 bits per heavy atom. The fourth-order valence-electron chi connectivity index (χ4n) is 3.37. The monoisotopic (exact) mass is 338 g/mol. The number of imidazole rings is 1. The maximum Gasteiger partial charge on any atom is 0.141 e. The summed E-state index contributed by atoms with van der Waals surface area (Å²) in [6.45, 7) is 5.17. The Hall–Kier alpha value is -3.13. The summed E-state index contributed by atoms with van der Waals surface area (Å²) in [7, 11) is 0. The van der Waals surface area contributed by atoms with Crippen molar-refractivity contribution in [2.75, 3.05) is 0 Å². The molecule has 3 aromatic carbocycles. The van der Waals surface area contributed by atoms with Gasteiger partial charge < -0.3 is 4.57 Å². The van der Waals surface area contributed by atoms with Crippen LogP contribution in [0.3, 0.4) is 0 Å². The van der Waals surface area contributed by atoms with Crippen LogP contribution in [0.2, 0.25) is 0 Å². The van der Waals surface area contributed by atoms with Crippen molar-refractivity contribution < 1.29 is 0 Å². The van der Waals surface area contributed by atoms with E-state index in [2.05, 4.69) is 91.2 Å². The smallest absolute Gasteiger partial charge is 0.141 e. The molecule has 128 valence electrons. The standard InChI is InChI=1S/C24H22N2/c1-3-26-23(20-16-14-18(2)15-17-20)22(19-10-6-4-7-11-19)25-24(26)21-12-8-5-9-13-21/h4-17H,3H2,1-2H3. The molecule has 4 rings (SSSR count). The van der Waals surface area contributed by atoms with Gasteiger partial charge in [-0.05, 0) is 13.8 Å². The fraction of sp³-hybridized carbons (Fsp3) is 0.125. The van der Waals surface area contributed by atoms with Gasteiger partial charge in [0.1, 0.15) is 5.82 Å². The van der Waals surface area contributed by atoms with Crippen LogP contribution in [-0.2, 0) is 6.54 Å². The van der Waals surface area contributed by atoms with Gasteiger partial charge in [0, 0.05) is 23.2 Å². The van der Waals surface area contributed by atoms with E-state index in [9.17, 15) is 0 Å². The highest BCUT2D eigenvalue weighted by atomic mass is 15.1. The summed E-state index contributed by atoms with van der Waals surface area (Å²) >= 11 is 0. The first kappa shape index (κ1) is 16.3. The number of aromatic nitrogens is 2. The molecule has 0 fully saturated rings. The van der Waals surface area contributed by atoms with E-state index in [0.29, 0.717) is 0 Å². The number of rotatable bonds is 4. The molecule has 0 N–H and O–H groups in total. The molecular formula is C24H22N2. The van der Waals surface area contributed by atoms with Gasteiger partial charge in [-0.15, -0.1) is 0 Å². The minimum absolute atomic E-state index is 0.868. The molecule has 0 amide bonds. The lowest BCUT2D eigenvalue weighted by Crippen LogP contribution is -2.00. The molecule has 4 aromatic rings. The third kappa shape index (κ3) is 2.95. The predicted molar refractivity (Wildman–Crippen MR) is 109 cm³/mol. The van der Waals surface area contributed by atoms with E-state index >= 15 is 0 Å². The van der Waals surface area contributed by atoms with Crippen molar-refractivity contribution in [3.8, 4) is 33.9 Å². The van der Waals surface area contributed by atoms with Crippen LogP contribution in [0, 0.1) is 6.92 Å². The van der Waals surface area contributed by atoms with Crippen LogP contribution in [0.15, 0.2) is 84.9 Å². The van der Waals surface area contributed by atoms with Crippen molar-refractivity contribution in [1.82, 2.24) is 9.55 Å². The Morgan fingerprint density at radius 3 is 1.85 bits per heavy atom. The molecule has 26 heavy (non-hydrogen) atoms. The fourth-order valence-corrected chi connectivity index (χ4v) is 3.37. The maximum absolute atomic E-state index is 5.08. The number of aryl methyl sites for hydroxylation is 1. The highest BCUT2D eigenvalue weighted by Crippen LogP contribution is 2.36. The molecule has 0 spiro atoms. The Balaban J connectivity index is 2.01. The van der Waals surface area contributed by atoms with E-state index in [4.69, 9.17) is 4.98 Å². The third-order valence-electron chi connectivity index (χ3n) is 4.69. The Kier molecular flexibility index (Phi) is 4.40. The van der Waals surface area contributed by atoms with E-state index in [1.807, 2.05) is 12.1 Å². The summed E-state index contributed by atoms with van der Waals surface area (Å²) < 4.78 is 2.32. The molecule has 1 aromatic heterocycles. The van der Waals surface area contributed by atoms with Crippen LogP contribution in [-0.4, -0.2) is 9.55 Å². The van der Waals surface area contributed by atoms with Crippen molar-refractivity contribution in [3.63, 3.8) is 0 Å². The quantitative estimate of drug-likeness (QED) is 0.432. The molecule has 0 aliphatic rings. The van der Waals surface area contributed by atoms with Crippen LogP contribution in [0.25, 0.3) is 33.9 Å². The zero-order valence-corrected chi connectivity index (χ0v) is 15.2. The van der Waals surface area contributed by atoms with Crippen LogP contribution in [0.5, 0.6) is 0 Å². The second-order valence-electron chi connectivity index (χ2n) is 6.47. The average Bonchev–Trinajstić information content (AvgIpc) is 3.09. The Morgan fingerprint density at radius 2 is 1.27 bits per heavy atom. The average molecular weight is 338 g/mol. The normalized spacial score (nSPS) is 10.8. The maximum atomic E-state index is 5.08. The number of hydrogen-bond acceptors (Lipinski definition) is 1. The molecule has 0 saturated heterocycles. The largest absolute Gasteiger partial charge is 0.324 e. The summed E-state index contributed by atoms with van der Waals surface area (Å²) in [5, 5.41) is 0. The van der Waals surface area contributed by atoms with Gasteiger partial charge in [0.25, 0.3) is 0 Å². The number of hydrogen-bond donors (Lipinski definition) is 0. The van der Waals surface area contributed by atoms with E-state index < -0.39 is 0 Å². The molecule has 2 nitrogen and oxygen atoms in total. The lowest BCUT2D eigenvalue weighted by atomic mass is 10.0. The summed E-state index contributed by atoms with van der Waals surface area (Å²) in [5.74, 6) is 1.02. The summed E-state index contributed by atoms with van der Waals surface area (Å²) in [6.07, 6.45) is 0. The summed E-state index contributed by atoms with van der Waals surface area (Å²) in [5.41, 5.74) is 6.97. The first-order valence-electron chi connectivity index (χ1n) is 9.06. The molecule has 2 heteroatoms. The predicted octanol–water partition coefficient (Wildman–Crippen LogP) is 6.21. The lowest BCUT2D eigenvalue weighted by Gasteiger charge is -2.11. The molecule has 0 bridgehead atoms. The van der Waals surface area contributed by atoms with E-state index in [1.54, 1.807) is 0 Å². The van der Waals surface area contributed by atoms with Gasteiger partial charge in [0.05, 0.1) is 11.4 Å². The number of nitrogens with zero attached hydrogens (tertiary/aromatic N) is 2. The van der Waals surface area contributed by atoms with Crippen LogP contribution in [0.4, 0.5) is 0 Å². The lowest BCUT2D eigenvalue weighted by molar-refractivity contribution is 0.778. The molecule has 0 aliphatic carbocycles. The molecule has 0 atom stereocenters. The minimum Gasteiger partial charge on any atom is -0.324 e. The van der Waals surface area contributed by atoms with Gasteiger partial charge in [0.15, 0.2) is 0 Å². The van der Waals surface area contributed by atoms with Gasteiger partial charge >= 0.3 is 0 Å². The van der Waals surface area contributed by atoms with Gasteiger partial charge in [-0.2, -0.15) is 0 Å². The highest BCUT2D eigenvalue weighted by molar-refractivity contribution is 5.82. The second kappa shape index (κ2) is 7.01. The molecule has 0 aliphatic heterocycles. The third-order valence-corrected chi connectivity index (χ3v) is 4.69. The van der Waals surface area contributed by atoms with E-state index in [-0.39, 0.29) is 0 Å². The van der Waals surface area contributed by atoms with Crippen molar-refractivity contribution in [2.24, 2.45) is 0 Å². The summed E-state index contributed by atoms with van der Waals surface area (Å²) in [6, 6.07) is 29.6. The zero-order valence-electron chi connectivity index (χ0n) is 15.2. The van der Waals surface area contributed by atoms with Crippen molar-refractivity contribution in [1.29, 1.82) is 0 Å². The number of benzene rings is 3. The van der Waals surface area contributed by atoms with Crippen LogP contribution in [0.1, 0.15) is 12.5 Å². The Bertz CT molecular complexity index is 998. The SMILES string of the molecule is CCn1c(-c2ccccc2)nc(-c2ccccc2)c1-c1ccc(C)cc1. The molecule has 0 radical (unpaired) electrons. The van der Waals surface area contributed by atoms with Gasteiger partial charge in [-0.3, -0.25) is 0 Å². The minimum atomic E-state index is 0.868. The topological polar surface area (TPSA) is 17.8 Å².